The smallest absolute Gasteiger partial charge is 0.493 e. The van der Waals surface area contributed by atoms with E-state index in [-0.39, 0.29) is 42.8 Å². The Bertz CT molecular complexity index is 1630. The van der Waals surface area contributed by atoms with Crippen molar-refractivity contribution in [2.24, 2.45) is 35.5 Å². The Hall–Kier alpha value is -3.55. The summed E-state index contributed by atoms with van der Waals surface area (Å²) >= 11 is 0. The first-order chi connectivity index (χ1) is 23.1. The average molecular weight is 676 g/mol. The van der Waals surface area contributed by atoms with Gasteiger partial charge in [0.05, 0.1) is 11.5 Å². The molecule has 9 atom stereocenters. The molecule has 0 aromatic heterocycles. The van der Waals surface area contributed by atoms with E-state index in [1.807, 2.05) is 49.1 Å². The summed E-state index contributed by atoms with van der Waals surface area (Å²) in [6.07, 6.45) is 4.21. The van der Waals surface area contributed by atoms with Gasteiger partial charge in [0.15, 0.2) is 23.0 Å². The molecule has 9 unspecified atom stereocenters. The molecule has 1 aliphatic heterocycles. The van der Waals surface area contributed by atoms with E-state index in [0.29, 0.717) is 13.2 Å². The summed E-state index contributed by atoms with van der Waals surface area (Å²) in [6.45, 7) is 9.77. The number of aliphatic hydroxyl groups is 5. The van der Waals surface area contributed by atoms with Crippen LogP contribution in [0.3, 0.4) is 0 Å². The number of ketones is 3. The summed E-state index contributed by atoms with van der Waals surface area (Å²) in [5, 5.41) is 58.2. The second kappa shape index (κ2) is 13.0. The minimum absolute atomic E-state index is 0.122. The van der Waals surface area contributed by atoms with Crippen molar-refractivity contribution in [1.82, 2.24) is 4.90 Å². The Morgan fingerprint density at radius 3 is 2.24 bits per heavy atom. The van der Waals surface area contributed by atoms with Crippen LogP contribution in [0.1, 0.15) is 47.5 Å². The maximum absolute atomic E-state index is 14.1. The highest BCUT2D eigenvalue weighted by molar-refractivity contribution is 6.61. The fourth-order valence-electron chi connectivity index (χ4n) is 8.92. The highest BCUT2D eigenvalue weighted by Crippen LogP contribution is 2.59. The summed E-state index contributed by atoms with van der Waals surface area (Å²) in [7, 11) is -0.532. The lowest BCUT2D eigenvalue weighted by Gasteiger charge is -2.55. The predicted octanol–water partition coefficient (Wildman–Crippen LogP) is 2.89. The Kier molecular flexibility index (Phi) is 9.34. The van der Waals surface area contributed by atoms with Crippen LogP contribution in [0, 0.1) is 35.5 Å². The molecule has 5 aliphatic rings. The largest absolute Gasteiger partial charge is 0.512 e. The number of Topliss-reactive ketones (excluding diaryl/α,β-unsaturated/α-hetero) is 3. The van der Waals surface area contributed by atoms with Crippen molar-refractivity contribution in [1.29, 1.82) is 0 Å². The molecule has 6 rings (SSSR count). The minimum Gasteiger partial charge on any atom is -0.512 e. The van der Waals surface area contributed by atoms with Gasteiger partial charge in [0.2, 0.25) is 0 Å². The van der Waals surface area contributed by atoms with Crippen molar-refractivity contribution in [3.05, 3.63) is 77.0 Å². The molecule has 1 aromatic carbocycles. The van der Waals surface area contributed by atoms with Crippen LogP contribution in [0.25, 0.3) is 0 Å². The van der Waals surface area contributed by atoms with E-state index in [2.05, 4.69) is 0 Å². The van der Waals surface area contributed by atoms with E-state index in [1.54, 1.807) is 26.0 Å². The van der Waals surface area contributed by atoms with E-state index >= 15 is 0 Å². The SMILES string of the molecule is CC(C)C1C(=O)C(C(=O)CCN2C(C)COB(c3ccccc3)OCC2C)=C(O)C2(O)C(O)=C3C(=O)C4C(O)=CC=CC4C(C)(O)C3CC12. The van der Waals surface area contributed by atoms with Gasteiger partial charge in [-0.1, -0.05) is 56.3 Å². The molecule has 11 nitrogen and oxygen atoms in total. The standard InChI is InChI=1S/C37H46BNO10/c1-19(2)28-25-16-24-30(33(43)29-23(36(24,5)46)12-9-13-26(29)40)34(44)37(25,47)35(45)31(32(28)42)27(41)14-15-39-20(3)17-48-38(49-18-21(39)4)22-10-7-6-8-11-22/h6-13,19-21,23-25,28-29,40,44-47H,14-18H2,1-5H3. The zero-order valence-electron chi connectivity index (χ0n) is 28.6. The molecule has 262 valence electrons. The topological polar surface area (TPSA) is 174 Å². The quantitative estimate of drug-likeness (QED) is 0.222. The number of rotatable bonds is 6. The maximum Gasteiger partial charge on any atom is 0.493 e. The summed E-state index contributed by atoms with van der Waals surface area (Å²) in [4.78, 5) is 44.0. The normalized spacial score (nSPS) is 36.9. The van der Waals surface area contributed by atoms with Crippen LogP contribution in [0.4, 0.5) is 0 Å². The number of carbonyl (C=O) groups excluding carboxylic acids is 3. The lowest BCUT2D eigenvalue weighted by atomic mass is 9.50. The maximum atomic E-state index is 14.1. The third kappa shape index (κ3) is 5.62. The molecule has 0 bridgehead atoms. The van der Waals surface area contributed by atoms with Gasteiger partial charge in [0, 0.05) is 67.5 Å². The monoisotopic (exact) mass is 675 g/mol. The Labute approximate surface area is 286 Å². The van der Waals surface area contributed by atoms with Gasteiger partial charge >= 0.3 is 7.12 Å². The lowest BCUT2D eigenvalue weighted by molar-refractivity contribution is -0.153. The van der Waals surface area contributed by atoms with Crippen molar-refractivity contribution in [2.45, 2.75) is 70.7 Å². The first-order valence-electron chi connectivity index (χ1n) is 17.2. The lowest BCUT2D eigenvalue weighted by Crippen LogP contribution is -2.63. The summed E-state index contributed by atoms with van der Waals surface area (Å²) < 4.78 is 12.1. The van der Waals surface area contributed by atoms with E-state index in [0.717, 1.165) is 5.46 Å². The summed E-state index contributed by atoms with van der Waals surface area (Å²) in [5.41, 5.74) is -4.29. The van der Waals surface area contributed by atoms with Crippen molar-refractivity contribution >= 4 is 29.9 Å². The van der Waals surface area contributed by atoms with E-state index in [1.165, 1.54) is 13.0 Å². The number of aliphatic hydroxyl groups excluding tert-OH is 3. The van der Waals surface area contributed by atoms with Crippen LogP contribution >= 0.6 is 0 Å². The highest BCUT2D eigenvalue weighted by atomic mass is 16.6. The fraction of sp³-hybridized carbons (Fsp3) is 0.541. The van der Waals surface area contributed by atoms with Crippen LogP contribution in [-0.4, -0.2) is 97.9 Å². The minimum atomic E-state index is -2.63. The van der Waals surface area contributed by atoms with Crippen molar-refractivity contribution in [3.8, 4) is 0 Å². The molecule has 0 amide bonds. The van der Waals surface area contributed by atoms with Gasteiger partial charge in [-0.2, -0.15) is 0 Å². The van der Waals surface area contributed by atoms with E-state index < -0.39 is 88.3 Å². The number of nitrogens with zero attached hydrogens (tertiary/aromatic N) is 1. The predicted molar refractivity (Wildman–Crippen MR) is 181 cm³/mol. The van der Waals surface area contributed by atoms with Crippen LogP contribution in [0.2, 0.25) is 0 Å². The second-order valence-electron chi connectivity index (χ2n) is 14.9. The number of fused-ring (bicyclic) bond motifs is 3. The Morgan fingerprint density at radius 2 is 1.63 bits per heavy atom. The van der Waals surface area contributed by atoms with Crippen LogP contribution in [0.5, 0.6) is 0 Å². The number of hydrogen-bond donors (Lipinski definition) is 5. The number of carbonyl (C=O) groups is 3. The molecule has 49 heavy (non-hydrogen) atoms. The fourth-order valence-corrected chi connectivity index (χ4v) is 8.92. The van der Waals surface area contributed by atoms with Gasteiger partial charge in [-0.25, -0.2) is 0 Å². The molecule has 5 N–H and O–H groups in total. The molecule has 12 heteroatoms. The van der Waals surface area contributed by atoms with Crippen LogP contribution < -0.4 is 5.46 Å². The molecule has 1 saturated heterocycles. The van der Waals surface area contributed by atoms with Gasteiger partial charge in [-0.05, 0) is 44.6 Å². The molecule has 1 heterocycles. The molecule has 2 fully saturated rings. The van der Waals surface area contributed by atoms with Crippen LogP contribution in [-0.2, 0) is 23.7 Å². The highest BCUT2D eigenvalue weighted by Gasteiger charge is 2.66. The molecule has 4 aliphatic carbocycles. The van der Waals surface area contributed by atoms with Crippen molar-refractivity contribution in [3.63, 3.8) is 0 Å². The molecular weight excluding hydrogens is 629 g/mol. The Morgan fingerprint density at radius 1 is 1.00 bits per heavy atom. The summed E-state index contributed by atoms with van der Waals surface area (Å²) in [5.74, 6) is -9.84. The van der Waals surface area contributed by atoms with Gasteiger partial charge in [-0.3, -0.25) is 19.3 Å². The first kappa shape index (κ1) is 35.3. The molecule has 1 saturated carbocycles. The third-order valence-corrected chi connectivity index (χ3v) is 11.5. The number of benzene rings is 1. The first-order valence-corrected chi connectivity index (χ1v) is 17.2. The van der Waals surface area contributed by atoms with Crippen molar-refractivity contribution in [2.75, 3.05) is 19.8 Å². The average Bonchev–Trinajstić information content (AvgIpc) is 3.05. The van der Waals surface area contributed by atoms with Crippen molar-refractivity contribution < 1.29 is 49.2 Å². The third-order valence-electron chi connectivity index (χ3n) is 11.5. The molecule has 0 spiro atoms. The van der Waals surface area contributed by atoms with Gasteiger partial charge in [0.1, 0.15) is 22.9 Å². The van der Waals surface area contributed by atoms with E-state index in [9.17, 15) is 39.9 Å². The second-order valence-corrected chi connectivity index (χ2v) is 14.9. The zero-order chi connectivity index (χ0) is 35.6. The number of hydrogen-bond acceptors (Lipinski definition) is 11. The summed E-state index contributed by atoms with van der Waals surface area (Å²) in [6, 6.07) is 9.35. The Balaban J connectivity index is 1.31. The van der Waals surface area contributed by atoms with Gasteiger partial charge in [-0.15, -0.1) is 0 Å². The van der Waals surface area contributed by atoms with Crippen LogP contribution in [0.15, 0.2) is 77.0 Å². The zero-order valence-corrected chi connectivity index (χ0v) is 28.6. The van der Waals surface area contributed by atoms with Gasteiger partial charge in [0.25, 0.3) is 0 Å². The number of allylic oxidation sites excluding steroid dienone is 4. The van der Waals surface area contributed by atoms with Gasteiger partial charge < -0.3 is 34.8 Å². The molecule has 1 aromatic rings. The van der Waals surface area contributed by atoms with E-state index in [4.69, 9.17) is 9.31 Å². The molecule has 0 radical (unpaired) electrons. The molecular formula is C37H46BNO10.